The molecule has 1 aromatic rings. The molecule has 1 N–H and O–H groups in total. The highest BCUT2D eigenvalue weighted by atomic mass is 79.9. The molecule has 1 aromatic carbocycles. The van der Waals surface area contributed by atoms with Gasteiger partial charge in [0.15, 0.2) is 0 Å². The van der Waals surface area contributed by atoms with Crippen molar-refractivity contribution in [1.82, 2.24) is 5.32 Å². The summed E-state index contributed by atoms with van der Waals surface area (Å²) in [6, 6.07) is 5.71. The Kier molecular flexibility index (Phi) is 5.24. The lowest BCUT2D eigenvalue weighted by atomic mass is 10.1. The van der Waals surface area contributed by atoms with Crippen LogP contribution in [-0.4, -0.2) is 22.5 Å². The quantitative estimate of drug-likeness (QED) is 0.653. The van der Waals surface area contributed by atoms with Crippen LogP contribution in [0.3, 0.4) is 0 Å². The second-order valence-corrected chi connectivity index (χ2v) is 6.72. The average Bonchev–Trinajstić information content (AvgIpc) is 2.84. The number of nitro groups is 1. The maximum absolute atomic E-state index is 11.0. The maximum Gasteiger partial charge on any atom is 0.275 e. The van der Waals surface area contributed by atoms with Crippen LogP contribution < -0.4 is 5.32 Å². The minimum absolute atomic E-state index is 0.181. The summed E-state index contributed by atoms with van der Waals surface area (Å²) in [5.74, 6) is 0. The summed E-state index contributed by atoms with van der Waals surface area (Å²) in [4.78, 5) is 10.7. The lowest BCUT2D eigenvalue weighted by Gasteiger charge is -2.19. The van der Waals surface area contributed by atoms with Gasteiger partial charge in [0.1, 0.15) is 0 Å². The van der Waals surface area contributed by atoms with E-state index in [1.807, 2.05) is 23.9 Å². The average molecular weight is 345 g/mol. The number of nitrogens with one attached hydrogen (secondary N) is 1. The number of benzene rings is 1. The molecule has 0 amide bonds. The van der Waals surface area contributed by atoms with Crippen LogP contribution in [-0.2, 0) is 6.54 Å². The number of thioether (sulfide) groups is 1. The Morgan fingerprint density at radius 2 is 2.32 bits per heavy atom. The highest BCUT2D eigenvalue weighted by molar-refractivity contribution is 9.10. The minimum Gasteiger partial charge on any atom is -0.309 e. The first-order valence-electron chi connectivity index (χ1n) is 6.31. The molecule has 0 aromatic heterocycles. The Morgan fingerprint density at radius 1 is 1.53 bits per heavy atom. The van der Waals surface area contributed by atoms with Crippen molar-refractivity contribution in [2.75, 3.05) is 6.26 Å². The van der Waals surface area contributed by atoms with Crippen LogP contribution in [0.2, 0.25) is 0 Å². The van der Waals surface area contributed by atoms with Crippen molar-refractivity contribution in [3.05, 3.63) is 38.3 Å². The Morgan fingerprint density at radius 3 is 3.00 bits per heavy atom. The fourth-order valence-electron chi connectivity index (χ4n) is 2.54. The van der Waals surface area contributed by atoms with E-state index in [-0.39, 0.29) is 10.6 Å². The van der Waals surface area contributed by atoms with Gasteiger partial charge in [0.25, 0.3) is 5.69 Å². The van der Waals surface area contributed by atoms with E-state index in [1.165, 1.54) is 12.8 Å². The normalized spacial score (nSPS) is 22.6. The van der Waals surface area contributed by atoms with Crippen molar-refractivity contribution in [2.45, 2.75) is 37.1 Å². The van der Waals surface area contributed by atoms with Crippen LogP contribution in [0.1, 0.15) is 24.8 Å². The zero-order valence-electron chi connectivity index (χ0n) is 10.8. The van der Waals surface area contributed by atoms with Gasteiger partial charge in [-0.15, -0.1) is 0 Å². The summed E-state index contributed by atoms with van der Waals surface area (Å²) in [5, 5.41) is 15.2. The topological polar surface area (TPSA) is 55.2 Å². The van der Waals surface area contributed by atoms with Crippen molar-refractivity contribution in [1.29, 1.82) is 0 Å². The van der Waals surface area contributed by atoms with Crippen molar-refractivity contribution in [3.8, 4) is 0 Å². The van der Waals surface area contributed by atoms with Gasteiger partial charge in [0, 0.05) is 33.9 Å². The molecule has 0 aliphatic heterocycles. The number of nitro benzene ring substituents is 1. The Hall–Kier alpha value is -0.590. The van der Waals surface area contributed by atoms with Crippen molar-refractivity contribution >= 4 is 33.4 Å². The summed E-state index contributed by atoms with van der Waals surface area (Å²) in [6.07, 6.45) is 5.77. The Balaban J connectivity index is 2.05. The molecule has 0 spiro atoms. The molecule has 104 valence electrons. The first-order valence-corrected chi connectivity index (χ1v) is 8.39. The summed E-state index contributed by atoms with van der Waals surface area (Å²) < 4.78 is 0.741. The predicted octanol–water partition coefficient (Wildman–Crippen LogP) is 3.73. The van der Waals surface area contributed by atoms with E-state index in [2.05, 4.69) is 27.5 Å². The van der Waals surface area contributed by atoms with Gasteiger partial charge in [0.05, 0.1) is 4.92 Å². The van der Waals surface area contributed by atoms with Crippen LogP contribution in [0.4, 0.5) is 5.69 Å². The molecule has 4 nitrogen and oxygen atoms in total. The van der Waals surface area contributed by atoms with E-state index in [4.69, 9.17) is 0 Å². The van der Waals surface area contributed by atoms with E-state index in [0.29, 0.717) is 17.8 Å². The van der Waals surface area contributed by atoms with Gasteiger partial charge >= 0.3 is 0 Å². The van der Waals surface area contributed by atoms with Crippen molar-refractivity contribution in [3.63, 3.8) is 0 Å². The molecule has 1 aliphatic rings. The van der Waals surface area contributed by atoms with Crippen molar-refractivity contribution in [2.24, 2.45) is 0 Å². The fraction of sp³-hybridized carbons (Fsp3) is 0.538. The second-order valence-electron chi connectivity index (χ2n) is 4.72. The molecule has 0 heterocycles. The van der Waals surface area contributed by atoms with Gasteiger partial charge in [-0.05, 0) is 31.2 Å². The van der Waals surface area contributed by atoms with Gasteiger partial charge in [-0.3, -0.25) is 10.1 Å². The molecule has 0 radical (unpaired) electrons. The molecule has 0 saturated heterocycles. The first-order chi connectivity index (χ1) is 9.11. The van der Waals surface area contributed by atoms with Gasteiger partial charge in [0.2, 0.25) is 0 Å². The first kappa shape index (κ1) is 14.8. The zero-order chi connectivity index (χ0) is 13.8. The van der Waals surface area contributed by atoms with E-state index in [0.717, 1.165) is 16.5 Å². The third-order valence-corrected chi connectivity index (χ3v) is 5.22. The lowest BCUT2D eigenvalue weighted by molar-refractivity contribution is -0.385. The van der Waals surface area contributed by atoms with Crippen LogP contribution >= 0.6 is 27.7 Å². The van der Waals surface area contributed by atoms with Crippen LogP contribution in [0.25, 0.3) is 0 Å². The lowest BCUT2D eigenvalue weighted by Crippen LogP contribution is -2.33. The monoisotopic (exact) mass is 344 g/mol. The number of halogens is 1. The van der Waals surface area contributed by atoms with E-state index in [9.17, 15) is 10.1 Å². The van der Waals surface area contributed by atoms with Crippen LogP contribution in [0.15, 0.2) is 22.7 Å². The smallest absolute Gasteiger partial charge is 0.275 e. The Bertz CT molecular complexity index is 470. The summed E-state index contributed by atoms with van der Waals surface area (Å²) in [5.41, 5.74) is 0.931. The zero-order valence-corrected chi connectivity index (χ0v) is 13.2. The minimum atomic E-state index is -0.317. The molecular weight excluding hydrogens is 328 g/mol. The molecule has 2 rings (SSSR count). The molecule has 1 saturated carbocycles. The highest BCUT2D eigenvalue weighted by Crippen LogP contribution is 2.29. The van der Waals surface area contributed by atoms with E-state index >= 15 is 0 Å². The van der Waals surface area contributed by atoms with Gasteiger partial charge in [-0.25, -0.2) is 0 Å². The number of hydrogen-bond donors (Lipinski definition) is 1. The molecule has 0 bridgehead atoms. The SMILES string of the molecule is CSC1CCCC1NCc1ccc(Br)cc1[N+](=O)[O-]. The fourth-order valence-corrected chi connectivity index (χ4v) is 3.85. The van der Waals surface area contributed by atoms with Gasteiger partial charge in [-0.2, -0.15) is 11.8 Å². The molecule has 2 unspecified atom stereocenters. The molecule has 19 heavy (non-hydrogen) atoms. The van der Waals surface area contributed by atoms with Crippen LogP contribution in [0, 0.1) is 10.1 Å². The van der Waals surface area contributed by atoms with E-state index in [1.54, 1.807) is 6.07 Å². The number of hydrogen-bond acceptors (Lipinski definition) is 4. The van der Waals surface area contributed by atoms with Crippen LogP contribution in [0.5, 0.6) is 0 Å². The maximum atomic E-state index is 11.0. The second kappa shape index (κ2) is 6.72. The third kappa shape index (κ3) is 3.70. The summed E-state index contributed by atoms with van der Waals surface area (Å²) >= 11 is 5.16. The highest BCUT2D eigenvalue weighted by Gasteiger charge is 2.26. The number of rotatable bonds is 5. The molecule has 6 heteroatoms. The van der Waals surface area contributed by atoms with Crippen molar-refractivity contribution < 1.29 is 4.92 Å². The third-order valence-electron chi connectivity index (χ3n) is 3.55. The molecule has 2 atom stereocenters. The summed E-state index contributed by atoms with van der Waals surface area (Å²) in [6.45, 7) is 0.561. The number of nitrogens with zero attached hydrogens (tertiary/aromatic N) is 1. The van der Waals surface area contributed by atoms with Gasteiger partial charge < -0.3 is 5.32 Å². The van der Waals surface area contributed by atoms with Gasteiger partial charge in [-0.1, -0.05) is 22.4 Å². The standard InChI is InChI=1S/C13H17BrN2O2S/c1-19-13-4-2-3-11(13)15-8-9-5-6-10(14)7-12(9)16(17)18/h5-7,11,13,15H,2-4,8H2,1H3. The molecular formula is C13H17BrN2O2S. The van der Waals surface area contributed by atoms with E-state index < -0.39 is 0 Å². The predicted molar refractivity (Wildman–Crippen MR) is 82.6 cm³/mol. The largest absolute Gasteiger partial charge is 0.309 e. The molecule has 1 fully saturated rings. The summed E-state index contributed by atoms with van der Waals surface area (Å²) in [7, 11) is 0. The Labute approximate surface area is 125 Å². The molecule has 1 aliphatic carbocycles.